The van der Waals surface area contributed by atoms with Gasteiger partial charge in [-0.1, -0.05) is 26.0 Å². The summed E-state index contributed by atoms with van der Waals surface area (Å²) in [5.41, 5.74) is 2.99. The molecule has 0 atom stereocenters. The van der Waals surface area contributed by atoms with Crippen LogP contribution in [-0.4, -0.2) is 16.7 Å². The molecule has 0 saturated heterocycles. The second-order valence-electron chi connectivity index (χ2n) is 4.90. The average molecular weight is 215 g/mol. The van der Waals surface area contributed by atoms with Crippen LogP contribution in [0.4, 0.5) is 0 Å². The van der Waals surface area contributed by atoms with E-state index < -0.39 is 0 Å². The summed E-state index contributed by atoms with van der Waals surface area (Å²) in [4.78, 5) is 4.46. The maximum absolute atomic E-state index is 9.35. The van der Waals surface area contributed by atoms with E-state index in [1.807, 2.05) is 39.0 Å². The average Bonchev–Trinajstić information content (AvgIpc) is 2.28. The first-order valence-electron chi connectivity index (χ1n) is 5.52. The number of hydrogen-bond acceptors (Lipinski definition) is 2. The Hall–Kier alpha value is -1.41. The highest BCUT2D eigenvalue weighted by Crippen LogP contribution is 2.25. The Morgan fingerprint density at radius 2 is 1.94 bits per heavy atom. The Morgan fingerprint density at radius 1 is 1.19 bits per heavy atom. The van der Waals surface area contributed by atoms with Gasteiger partial charge >= 0.3 is 0 Å². The summed E-state index contributed by atoms with van der Waals surface area (Å²) in [6, 6.07) is 10.3. The highest BCUT2D eigenvalue weighted by atomic mass is 16.3. The van der Waals surface area contributed by atoms with Crippen LogP contribution < -0.4 is 0 Å². The van der Waals surface area contributed by atoms with Crippen molar-refractivity contribution in [1.29, 1.82) is 0 Å². The summed E-state index contributed by atoms with van der Waals surface area (Å²) in [6.45, 7) is 6.22. The van der Waals surface area contributed by atoms with Crippen molar-refractivity contribution in [2.45, 2.75) is 26.2 Å². The second kappa shape index (κ2) is 3.87. The van der Waals surface area contributed by atoms with Gasteiger partial charge < -0.3 is 5.11 Å². The normalized spacial score (nSPS) is 12.0. The van der Waals surface area contributed by atoms with E-state index in [9.17, 15) is 5.11 Å². The molecule has 16 heavy (non-hydrogen) atoms. The molecule has 0 spiro atoms. The summed E-state index contributed by atoms with van der Waals surface area (Å²) < 4.78 is 0. The molecule has 1 aromatic carbocycles. The van der Waals surface area contributed by atoms with Crippen LogP contribution >= 0.6 is 0 Å². The lowest BCUT2D eigenvalue weighted by molar-refractivity contribution is 0.218. The lowest BCUT2D eigenvalue weighted by Gasteiger charge is -2.22. The fourth-order valence-electron chi connectivity index (χ4n) is 1.74. The molecule has 0 fully saturated rings. The maximum atomic E-state index is 9.35. The third-order valence-electron chi connectivity index (χ3n) is 3.01. The molecule has 0 unspecified atom stereocenters. The number of benzene rings is 1. The Bertz CT molecular complexity index is 517. The zero-order valence-electron chi connectivity index (χ0n) is 9.99. The minimum Gasteiger partial charge on any atom is -0.395 e. The van der Waals surface area contributed by atoms with Crippen LogP contribution in [0.5, 0.6) is 0 Å². The van der Waals surface area contributed by atoms with Gasteiger partial charge in [0.05, 0.1) is 12.1 Å². The van der Waals surface area contributed by atoms with E-state index in [0.717, 1.165) is 22.2 Å². The molecule has 2 aromatic rings. The van der Waals surface area contributed by atoms with Crippen LogP contribution in [-0.2, 0) is 5.41 Å². The second-order valence-corrected chi connectivity index (χ2v) is 4.90. The van der Waals surface area contributed by atoms with Gasteiger partial charge in [-0.25, -0.2) is 0 Å². The smallest absolute Gasteiger partial charge is 0.0705 e. The number of nitrogens with zero attached hydrogens (tertiary/aromatic N) is 1. The standard InChI is InChI=1S/C14H17NO/c1-10-4-5-11-8-12(14(2,3)9-16)6-7-13(11)15-10/h4-8,16H,9H2,1-3H3. The Balaban J connectivity index is 2.57. The van der Waals surface area contributed by atoms with E-state index in [2.05, 4.69) is 17.1 Å². The van der Waals surface area contributed by atoms with Crippen molar-refractivity contribution in [3.63, 3.8) is 0 Å². The monoisotopic (exact) mass is 215 g/mol. The van der Waals surface area contributed by atoms with Crippen molar-refractivity contribution in [2.24, 2.45) is 0 Å². The molecular formula is C14H17NO. The number of pyridine rings is 1. The maximum Gasteiger partial charge on any atom is 0.0705 e. The van der Waals surface area contributed by atoms with Gasteiger partial charge in [-0.15, -0.1) is 0 Å². The van der Waals surface area contributed by atoms with Crippen molar-refractivity contribution in [2.75, 3.05) is 6.61 Å². The Labute approximate surface area is 96.0 Å². The zero-order valence-corrected chi connectivity index (χ0v) is 9.99. The molecular weight excluding hydrogens is 198 g/mol. The van der Waals surface area contributed by atoms with E-state index in [4.69, 9.17) is 0 Å². The SMILES string of the molecule is Cc1ccc2cc(C(C)(C)CO)ccc2n1. The molecule has 0 saturated carbocycles. The minimum absolute atomic E-state index is 0.151. The van der Waals surface area contributed by atoms with Crippen LogP contribution in [0.25, 0.3) is 10.9 Å². The summed E-state index contributed by atoms with van der Waals surface area (Å²) >= 11 is 0. The van der Waals surface area contributed by atoms with Crippen molar-refractivity contribution in [1.82, 2.24) is 4.98 Å². The molecule has 1 aromatic heterocycles. The van der Waals surface area contributed by atoms with E-state index in [1.165, 1.54) is 0 Å². The van der Waals surface area contributed by atoms with Gasteiger partial charge in [0, 0.05) is 16.5 Å². The molecule has 2 rings (SSSR count). The van der Waals surface area contributed by atoms with Gasteiger partial charge in [0.15, 0.2) is 0 Å². The summed E-state index contributed by atoms with van der Waals surface area (Å²) in [5, 5.41) is 10.5. The first-order valence-corrected chi connectivity index (χ1v) is 5.52. The van der Waals surface area contributed by atoms with E-state index >= 15 is 0 Å². The summed E-state index contributed by atoms with van der Waals surface area (Å²) in [5.74, 6) is 0. The van der Waals surface area contributed by atoms with Crippen LogP contribution in [0.15, 0.2) is 30.3 Å². The lowest BCUT2D eigenvalue weighted by atomic mass is 9.85. The fraction of sp³-hybridized carbons (Fsp3) is 0.357. The first-order chi connectivity index (χ1) is 7.53. The quantitative estimate of drug-likeness (QED) is 0.835. The number of aryl methyl sites for hydroxylation is 1. The molecule has 0 bridgehead atoms. The summed E-state index contributed by atoms with van der Waals surface area (Å²) in [7, 11) is 0. The predicted molar refractivity (Wildman–Crippen MR) is 66.6 cm³/mol. The first kappa shape index (κ1) is 11.1. The number of aliphatic hydroxyl groups is 1. The van der Waals surface area contributed by atoms with Gasteiger partial charge in [0.2, 0.25) is 0 Å². The molecule has 84 valence electrons. The van der Waals surface area contributed by atoms with Crippen LogP contribution in [0.2, 0.25) is 0 Å². The van der Waals surface area contributed by atoms with E-state index in [1.54, 1.807) is 0 Å². The molecule has 2 heteroatoms. The fourth-order valence-corrected chi connectivity index (χ4v) is 1.74. The van der Waals surface area contributed by atoms with Crippen LogP contribution in [0.3, 0.4) is 0 Å². The molecule has 0 radical (unpaired) electrons. The third kappa shape index (κ3) is 1.93. The van der Waals surface area contributed by atoms with Gasteiger partial charge in [0.25, 0.3) is 0 Å². The Morgan fingerprint density at radius 3 is 2.62 bits per heavy atom. The van der Waals surface area contributed by atoms with Gasteiger partial charge in [0.1, 0.15) is 0 Å². The topological polar surface area (TPSA) is 33.1 Å². The molecule has 1 heterocycles. The molecule has 2 nitrogen and oxygen atoms in total. The van der Waals surface area contributed by atoms with Crippen molar-refractivity contribution < 1.29 is 5.11 Å². The molecule has 0 amide bonds. The van der Waals surface area contributed by atoms with E-state index in [-0.39, 0.29) is 12.0 Å². The van der Waals surface area contributed by atoms with Crippen molar-refractivity contribution >= 4 is 10.9 Å². The lowest BCUT2D eigenvalue weighted by Crippen LogP contribution is -2.21. The van der Waals surface area contributed by atoms with Gasteiger partial charge in [-0.3, -0.25) is 4.98 Å². The van der Waals surface area contributed by atoms with Crippen LogP contribution in [0, 0.1) is 6.92 Å². The zero-order chi connectivity index (χ0) is 11.8. The molecule has 0 aliphatic rings. The highest BCUT2D eigenvalue weighted by molar-refractivity contribution is 5.79. The Kier molecular flexibility index (Phi) is 2.68. The predicted octanol–water partition coefficient (Wildman–Crippen LogP) is 2.81. The van der Waals surface area contributed by atoms with Gasteiger partial charge in [-0.05, 0) is 30.7 Å². The highest BCUT2D eigenvalue weighted by Gasteiger charge is 2.19. The van der Waals surface area contributed by atoms with E-state index in [0.29, 0.717) is 0 Å². The number of aliphatic hydroxyl groups excluding tert-OH is 1. The number of rotatable bonds is 2. The van der Waals surface area contributed by atoms with Crippen LogP contribution in [0.1, 0.15) is 25.1 Å². The van der Waals surface area contributed by atoms with Crippen molar-refractivity contribution in [3.05, 3.63) is 41.6 Å². The largest absolute Gasteiger partial charge is 0.395 e. The molecule has 0 aliphatic carbocycles. The number of hydrogen-bond donors (Lipinski definition) is 1. The molecule has 1 N–H and O–H groups in total. The number of fused-ring (bicyclic) bond motifs is 1. The number of aromatic nitrogens is 1. The summed E-state index contributed by atoms with van der Waals surface area (Å²) in [6.07, 6.45) is 0. The minimum atomic E-state index is -0.195. The third-order valence-corrected chi connectivity index (χ3v) is 3.01. The molecule has 0 aliphatic heterocycles. The van der Waals surface area contributed by atoms with Gasteiger partial charge in [-0.2, -0.15) is 0 Å². The van der Waals surface area contributed by atoms with Crippen molar-refractivity contribution in [3.8, 4) is 0 Å².